The summed E-state index contributed by atoms with van der Waals surface area (Å²) in [6.45, 7) is 4.92. The van der Waals surface area contributed by atoms with Crippen molar-refractivity contribution in [2.45, 2.75) is 32.9 Å². The SMILES string of the molecule is Cc1c(-c2cccc3c(CCCOc4cccc5ccccc45)c(C(=O)O)n(Cc4cccnc4)c23)c(COc2ccc(N3CCN([S+](=O)([O-])N(C)C)CC3)cc2)nn1C. The first kappa shape index (κ1) is 40.7. The number of aryl methyl sites for hydroxylation is 2. The number of nitrogens with zero attached hydrogens (tertiary/aromatic N) is 7. The molecule has 1 fully saturated rings. The van der Waals surface area contributed by atoms with Gasteiger partial charge in [0.05, 0.1) is 25.2 Å². The number of ether oxygens (including phenoxy) is 2. The van der Waals surface area contributed by atoms with E-state index in [0.717, 1.165) is 66.8 Å². The summed E-state index contributed by atoms with van der Waals surface area (Å²) in [5, 5.41) is 18.8. The number of pyridine rings is 1. The van der Waals surface area contributed by atoms with Gasteiger partial charge in [0, 0.05) is 86.5 Å². The highest BCUT2D eigenvalue weighted by Gasteiger charge is 2.33. The van der Waals surface area contributed by atoms with Crippen molar-refractivity contribution < 1.29 is 28.1 Å². The fourth-order valence-electron chi connectivity index (χ4n) is 8.21. The van der Waals surface area contributed by atoms with Crippen molar-refractivity contribution in [2.24, 2.45) is 7.05 Å². The summed E-state index contributed by atoms with van der Waals surface area (Å²) in [5.41, 5.74) is 7.08. The molecule has 1 saturated heterocycles. The average Bonchev–Trinajstić information content (AvgIpc) is 3.73. The Morgan fingerprint density at radius 3 is 2.37 bits per heavy atom. The summed E-state index contributed by atoms with van der Waals surface area (Å²) in [7, 11) is 1.56. The lowest BCUT2D eigenvalue weighted by Gasteiger charge is -2.38. The Balaban J connectivity index is 1.07. The molecule has 7 aromatic rings. The second-order valence-electron chi connectivity index (χ2n) is 15.2. The summed E-state index contributed by atoms with van der Waals surface area (Å²) in [5.74, 6) is 0.474. The molecule has 0 bridgehead atoms. The van der Waals surface area contributed by atoms with Gasteiger partial charge >= 0.3 is 5.97 Å². The van der Waals surface area contributed by atoms with Crippen LogP contribution in [0.4, 0.5) is 5.69 Å². The fraction of sp³-hybridized carbons (Fsp3) is 0.283. The molecule has 4 aromatic carbocycles. The van der Waals surface area contributed by atoms with Gasteiger partial charge in [-0.25, -0.2) is 4.79 Å². The Kier molecular flexibility index (Phi) is 11.7. The molecular formula is C46H49N7O6S. The molecule has 0 amide bonds. The number of anilines is 1. The molecule has 4 heterocycles. The lowest BCUT2D eigenvalue weighted by atomic mass is 9.98. The number of para-hydroxylation sites is 1. The standard InChI is InChI=1S/C46H49N7O6S/c1-32-43(41(48-50(32)4)31-59-36-21-19-35(20-22-36)51-24-26-52(27-25-51)60(56,57)49(2)3)40-16-8-15-38-39(17-10-28-58-42-18-7-13-34-12-5-6-14-37(34)42)45(46(54)55)53(44(38)40)30-33-11-9-23-47-29-33/h5-9,11-16,18-23,29H,10,17,24-28,30-31H2,1-4H3,(H-,54,55,56,57). The minimum Gasteiger partial charge on any atom is -0.580 e. The number of carbonyl (C=O) groups is 1. The monoisotopic (exact) mass is 827 g/mol. The first-order valence-corrected chi connectivity index (χ1v) is 21.5. The van der Waals surface area contributed by atoms with Gasteiger partial charge in [-0.3, -0.25) is 9.67 Å². The summed E-state index contributed by atoms with van der Waals surface area (Å²) in [4.78, 5) is 19.8. The van der Waals surface area contributed by atoms with Crippen molar-refractivity contribution in [1.82, 2.24) is 27.9 Å². The van der Waals surface area contributed by atoms with Crippen LogP contribution in [0.5, 0.6) is 11.5 Å². The van der Waals surface area contributed by atoms with Gasteiger partial charge in [0.2, 0.25) is 10.6 Å². The molecule has 60 heavy (non-hydrogen) atoms. The minimum atomic E-state index is -3.45. The third-order valence-electron chi connectivity index (χ3n) is 11.3. The van der Waals surface area contributed by atoms with E-state index in [0.29, 0.717) is 57.9 Å². The molecular weight excluding hydrogens is 779 g/mol. The van der Waals surface area contributed by atoms with E-state index in [1.807, 2.05) is 108 Å². The van der Waals surface area contributed by atoms with Gasteiger partial charge in [0.15, 0.2) is 0 Å². The van der Waals surface area contributed by atoms with Crippen LogP contribution in [-0.2, 0) is 41.4 Å². The van der Waals surface area contributed by atoms with Crippen LogP contribution in [0.25, 0.3) is 32.8 Å². The van der Waals surface area contributed by atoms with Gasteiger partial charge in [0.1, 0.15) is 29.5 Å². The van der Waals surface area contributed by atoms with Crippen LogP contribution in [-0.4, -0.2) is 90.5 Å². The van der Waals surface area contributed by atoms with E-state index in [1.165, 1.54) is 8.61 Å². The Hall–Kier alpha value is -6.06. The van der Waals surface area contributed by atoms with Crippen molar-refractivity contribution in [1.29, 1.82) is 0 Å². The Bertz CT molecular complexity index is 2680. The molecule has 8 rings (SSSR count). The number of rotatable bonds is 15. The maximum Gasteiger partial charge on any atom is 0.352 e. The average molecular weight is 828 g/mol. The molecule has 14 heteroatoms. The summed E-state index contributed by atoms with van der Waals surface area (Å²) < 4.78 is 44.4. The van der Waals surface area contributed by atoms with Crippen molar-refractivity contribution in [2.75, 3.05) is 51.8 Å². The topological polar surface area (TPSA) is 141 Å². The van der Waals surface area contributed by atoms with Crippen molar-refractivity contribution in [3.63, 3.8) is 0 Å². The van der Waals surface area contributed by atoms with Crippen molar-refractivity contribution >= 4 is 43.9 Å². The number of fused-ring (bicyclic) bond motifs is 2. The summed E-state index contributed by atoms with van der Waals surface area (Å²) in [6.07, 6.45) is 4.59. The third kappa shape index (κ3) is 8.11. The number of piperazine rings is 1. The second-order valence-corrected chi connectivity index (χ2v) is 17.3. The van der Waals surface area contributed by atoms with Gasteiger partial charge in [-0.15, -0.1) is 8.61 Å². The summed E-state index contributed by atoms with van der Waals surface area (Å²) in [6, 6.07) is 31.8. The van der Waals surface area contributed by atoms with E-state index >= 15 is 0 Å². The zero-order chi connectivity index (χ0) is 42.0. The Morgan fingerprint density at radius 1 is 0.900 bits per heavy atom. The molecule has 1 aliphatic rings. The van der Waals surface area contributed by atoms with Crippen molar-refractivity contribution in [3.8, 4) is 22.6 Å². The number of hydrogen-bond donors (Lipinski definition) is 1. The predicted octanol–water partition coefficient (Wildman–Crippen LogP) is 7.38. The lowest BCUT2D eigenvalue weighted by Crippen LogP contribution is -2.54. The molecule has 0 aliphatic carbocycles. The van der Waals surface area contributed by atoms with Crippen LogP contribution < -0.4 is 14.4 Å². The van der Waals surface area contributed by atoms with E-state index in [2.05, 4.69) is 22.0 Å². The molecule has 3 aromatic heterocycles. The highest BCUT2D eigenvalue weighted by molar-refractivity contribution is 7.93. The maximum atomic E-state index is 13.3. The molecule has 0 saturated carbocycles. The number of hydrogen-bond acceptors (Lipinski definition) is 8. The van der Waals surface area contributed by atoms with Crippen LogP contribution in [0.1, 0.15) is 39.4 Å². The molecule has 1 N–H and O–H groups in total. The zero-order valence-electron chi connectivity index (χ0n) is 34.3. The van der Waals surface area contributed by atoms with E-state index in [4.69, 9.17) is 14.6 Å². The van der Waals surface area contributed by atoms with Gasteiger partial charge in [0.25, 0.3) is 0 Å². The van der Waals surface area contributed by atoms with Gasteiger partial charge in [-0.05, 0) is 72.7 Å². The van der Waals surface area contributed by atoms with Crippen LogP contribution in [0.15, 0.2) is 109 Å². The molecule has 0 spiro atoms. The zero-order valence-corrected chi connectivity index (χ0v) is 35.1. The smallest absolute Gasteiger partial charge is 0.352 e. The summed E-state index contributed by atoms with van der Waals surface area (Å²) >= 11 is 0. The van der Waals surface area contributed by atoms with Crippen molar-refractivity contribution in [3.05, 3.63) is 138 Å². The minimum absolute atomic E-state index is 0.182. The first-order valence-electron chi connectivity index (χ1n) is 20.1. The van der Waals surface area contributed by atoms with Gasteiger partial charge in [-0.1, -0.05) is 64.9 Å². The molecule has 310 valence electrons. The number of aromatic carboxylic acids is 1. The number of carboxylic acids is 1. The third-order valence-corrected chi connectivity index (χ3v) is 13.3. The van der Waals surface area contributed by atoms with Crippen LogP contribution >= 0.6 is 0 Å². The molecule has 1 atom stereocenters. The highest BCUT2D eigenvalue weighted by Crippen LogP contribution is 2.39. The van der Waals surface area contributed by atoms with Crippen LogP contribution in [0.2, 0.25) is 0 Å². The normalized spacial score (nSPS) is 14.5. The fourth-order valence-corrected chi connectivity index (χ4v) is 9.29. The highest BCUT2D eigenvalue weighted by atomic mass is 32.3. The van der Waals surface area contributed by atoms with Gasteiger partial charge in [-0.2, -0.15) is 5.10 Å². The number of aromatic nitrogens is 4. The maximum absolute atomic E-state index is 13.3. The predicted molar refractivity (Wildman–Crippen MR) is 234 cm³/mol. The molecule has 1 unspecified atom stereocenters. The molecule has 0 radical (unpaired) electrons. The van der Waals surface area contributed by atoms with E-state index in [9.17, 15) is 18.7 Å². The largest absolute Gasteiger partial charge is 0.580 e. The quantitative estimate of drug-likeness (QED) is 0.0828. The number of carboxylic acid groups (broad SMARTS) is 1. The van der Waals surface area contributed by atoms with Crippen LogP contribution in [0.3, 0.4) is 0 Å². The van der Waals surface area contributed by atoms with E-state index in [-0.39, 0.29) is 12.3 Å². The second kappa shape index (κ2) is 17.3. The number of benzene rings is 4. The molecule has 13 nitrogen and oxygen atoms in total. The lowest BCUT2D eigenvalue weighted by molar-refractivity contribution is 0.0684. The van der Waals surface area contributed by atoms with E-state index in [1.54, 1.807) is 26.5 Å². The Labute approximate surface area is 350 Å². The Morgan fingerprint density at radius 2 is 1.63 bits per heavy atom. The van der Waals surface area contributed by atoms with Gasteiger partial charge < -0.3 is 28.6 Å². The first-order chi connectivity index (χ1) is 29.0. The molecule has 1 aliphatic heterocycles. The van der Waals surface area contributed by atoms with E-state index < -0.39 is 16.6 Å². The van der Waals surface area contributed by atoms with Crippen LogP contribution in [0, 0.1) is 6.92 Å².